The van der Waals surface area contributed by atoms with Gasteiger partial charge in [-0.25, -0.2) is 0 Å². The number of amides is 2. The summed E-state index contributed by atoms with van der Waals surface area (Å²) in [5.74, 6) is 0.911. The van der Waals surface area contributed by atoms with Crippen molar-refractivity contribution in [3.8, 4) is 0 Å². The van der Waals surface area contributed by atoms with Crippen molar-refractivity contribution in [1.82, 2.24) is 9.80 Å². The van der Waals surface area contributed by atoms with Crippen LogP contribution in [0.4, 0.5) is 0 Å². The number of hydrogen-bond acceptors (Lipinski definition) is 2. The van der Waals surface area contributed by atoms with Crippen LogP contribution in [0.15, 0.2) is 0 Å². The lowest BCUT2D eigenvalue weighted by atomic mass is 10.1. The molecule has 0 aromatic carbocycles. The highest BCUT2D eigenvalue weighted by Crippen LogP contribution is 2.05. The van der Waals surface area contributed by atoms with E-state index in [9.17, 15) is 9.59 Å². The van der Waals surface area contributed by atoms with E-state index < -0.39 is 0 Å². The summed E-state index contributed by atoms with van der Waals surface area (Å²) in [4.78, 5) is 27.1. The summed E-state index contributed by atoms with van der Waals surface area (Å²) in [7, 11) is 3.53. The summed E-state index contributed by atoms with van der Waals surface area (Å²) in [6, 6.07) is 0. The lowest BCUT2D eigenvalue weighted by Gasteiger charge is -2.22. The molecule has 2 amide bonds. The molecule has 0 atom stereocenters. The van der Waals surface area contributed by atoms with Gasteiger partial charge in [0.2, 0.25) is 11.8 Å². The molecule has 0 radical (unpaired) electrons. The zero-order chi connectivity index (χ0) is 15.0. The van der Waals surface area contributed by atoms with Crippen LogP contribution in [0.2, 0.25) is 0 Å². The Hall–Kier alpha value is -1.06. The highest BCUT2D eigenvalue weighted by atomic mass is 16.2. The molecule has 0 unspecified atom stereocenters. The minimum absolute atomic E-state index is 0.0125. The Morgan fingerprint density at radius 2 is 1.42 bits per heavy atom. The molecule has 19 heavy (non-hydrogen) atoms. The van der Waals surface area contributed by atoms with Crippen LogP contribution in [0.25, 0.3) is 0 Å². The SMILES string of the molecule is CC(C)CCCN(C)C(=O)CC(=O)N(C)CC(C)C. The van der Waals surface area contributed by atoms with Gasteiger partial charge < -0.3 is 9.80 Å². The first-order chi connectivity index (χ1) is 8.73. The van der Waals surface area contributed by atoms with Gasteiger partial charge in [0.05, 0.1) is 0 Å². The predicted molar refractivity (Wildman–Crippen MR) is 78.8 cm³/mol. The minimum Gasteiger partial charge on any atom is -0.345 e. The Morgan fingerprint density at radius 3 is 1.89 bits per heavy atom. The van der Waals surface area contributed by atoms with Gasteiger partial charge in [0.15, 0.2) is 0 Å². The number of nitrogens with zero attached hydrogens (tertiary/aromatic N) is 2. The van der Waals surface area contributed by atoms with E-state index in [1.165, 1.54) is 0 Å². The minimum atomic E-state index is -0.0885. The van der Waals surface area contributed by atoms with Crippen LogP contribution in [0.1, 0.15) is 47.0 Å². The molecule has 4 heteroatoms. The van der Waals surface area contributed by atoms with Crippen molar-refractivity contribution in [1.29, 1.82) is 0 Å². The van der Waals surface area contributed by atoms with E-state index in [0.29, 0.717) is 18.4 Å². The Balaban J connectivity index is 4.03. The average molecular weight is 270 g/mol. The van der Waals surface area contributed by atoms with Gasteiger partial charge in [-0.3, -0.25) is 9.59 Å². The third kappa shape index (κ3) is 8.62. The van der Waals surface area contributed by atoms with E-state index in [4.69, 9.17) is 0 Å². The van der Waals surface area contributed by atoms with Crippen molar-refractivity contribution < 1.29 is 9.59 Å². The first-order valence-corrected chi connectivity index (χ1v) is 7.22. The Kier molecular flexibility index (Phi) is 8.44. The van der Waals surface area contributed by atoms with Crippen LogP contribution < -0.4 is 0 Å². The monoisotopic (exact) mass is 270 g/mol. The van der Waals surface area contributed by atoms with E-state index >= 15 is 0 Å². The van der Waals surface area contributed by atoms with Crippen molar-refractivity contribution in [3.63, 3.8) is 0 Å². The van der Waals surface area contributed by atoms with Gasteiger partial charge in [0, 0.05) is 27.2 Å². The zero-order valence-corrected chi connectivity index (χ0v) is 13.4. The first kappa shape index (κ1) is 17.9. The van der Waals surface area contributed by atoms with Gasteiger partial charge in [-0.15, -0.1) is 0 Å². The van der Waals surface area contributed by atoms with Gasteiger partial charge >= 0.3 is 0 Å². The quantitative estimate of drug-likeness (QED) is 0.635. The largest absolute Gasteiger partial charge is 0.345 e. The Morgan fingerprint density at radius 1 is 0.895 bits per heavy atom. The molecule has 0 saturated heterocycles. The molecule has 4 nitrogen and oxygen atoms in total. The topological polar surface area (TPSA) is 40.6 Å². The fraction of sp³-hybridized carbons (Fsp3) is 0.867. The van der Waals surface area contributed by atoms with Crippen LogP contribution in [0.3, 0.4) is 0 Å². The maximum Gasteiger partial charge on any atom is 0.231 e. The van der Waals surface area contributed by atoms with Crippen LogP contribution in [-0.2, 0) is 9.59 Å². The summed E-state index contributed by atoms with van der Waals surface area (Å²) < 4.78 is 0. The second-order valence-corrected chi connectivity index (χ2v) is 6.20. The number of carbonyl (C=O) groups is 2. The van der Waals surface area contributed by atoms with Crippen molar-refractivity contribution in [3.05, 3.63) is 0 Å². The maximum absolute atomic E-state index is 11.9. The fourth-order valence-electron chi connectivity index (χ4n) is 1.91. The Labute approximate surface area is 118 Å². The molecule has 0 aromatic rings. The van der Waals surface area contributed by atoms with Crippen molar-refractivity contribution in [2.45, 2.75) is 47.0 Å². The molecular formula is C15H30N2O2. The first-order valence-electron chi connectivity index (χ1n) is 7.22. The van der Waals surface area contributed by atoms with Crippen LogP contribution in [-0.4, -0.2) is 48.8 Å². The molecule has 0 saturated carbocycles. The molecule has 0 heterocycles. The molecule has 0 aliphatic heterocycles. The lowest BCUT2D eigenvalue weighted by Crippen LogP contribution is -2.36. The molecule has 112 valence electrons. The van der Waals surface area contributed by atoms with Crippen molar-refractivity contribution in [2.75, 3.05) is 27.2 Å². The highest BCUT2D eigenvalue weighted by Gasteiger charge is 2.17. The molecule has 0 rings (SSSR count). The van der Waals surface area contributed by atoms with Gasteiger partial charge in [-0.2, -0.15) is 0 Å². The maximum atomic E-state index is 11.9. The standard InChI is InChI=1S/C15H30N2O2/c1-12(2)8-7-9-16(5)14(18)10-15(19)17(6)11-13(3)4/h12-13H,7-11H2,1-6H3. The van der Waals surface area contributed by atoms with Gasteiger partial charge in [0.1, 0.15) is 6.42 Å². The number of hydrogen-bond donors (Lipinski definition) is 0. The van der Waals surface area contributed by atoms with Gasteiger partial charge in [0.25, 0.3) is 0 Å². The van der Waals surface area contributed by atoms with E-state index in [0.717, 1.165) is 19.4 Å². The summed E-state index contributed by atoms with van der Waals surface area (Å²) in [5, 5.41) is 0. The Bertz CT molecular complexity index is 288. The lowest BCUT2D eigenvalue weighted by molar-refractivity contribution is -0.139. The van der Waals surface area contributed by atoms with E-state index in [1.807, 2.05) is 0 Å². The number of rotatable bonds is 8. The van der Waals surface area contributed by atoms with Crippen LogP contribution >= 0.6 is 0 Å². The fourth-order valence-corrected chi connectivity index (χ4v) is 1.91. The van der Waals surface area contributed by atoms with E-state index in [-0.39, 0.29) is 18.2 Å². The summed E-state index contributed by atoms with van der Waals surface area (Å²) in [5.41, 5.74) is 0. The zero-order valence-electron chi connectivity index (χ0n) is 13.4. The molecule has 0 fully saturated rings. The molecule has 0 N–H and O–H groups in total. The van der Waals surface area contributed by atoms with Crippen molar-refractivity contribution >= 4 is 11.8 Å². The smallest absolute Gasteiger partial charge is 0.231 e. The predicted octanol–water partition coefficient (Wildman–Crippen LogP) is 2.39. The van der Waals surface area contributed by atoms with Crippen LogP contribution in [0.5, 0.6) is 0 Å². The average Bonchev–Trinajstić information content (AvgIpc) is 2.27. The second kappa shape index (κ2) is 8.94. The third-order valence-electron chi connectivity index (χ3n) is 3.07. The summed E-state index contributed by atoms with van der Waals surface area (Å²) >= 11 is 0. The van der Waals surface area contributed by atoms with E-state index in [1.54, 1.807) is 23.9 Å². The number of carbonyl (C=O) groups excluding carboxylic acids is 2. The summed E-state index contributed by atoms with van der Waals surface area (Å²) in [6.07, 6.45) is 2.09. The van der Waals surface area contributed by atoms with E-state index in [2.05, 4.69) is 27.7 Å². The van der Waals surface area contributed by atoms with Gasteiger partial charge in [-0.1, -0.05) is 27.7 Å². The highest BCUT2D eigenvalue weighted by molar-refractivity contribution is 5.96. The molecule has 0 aliphatic rings. The van der Waals surface area contributed by atoms with Crippen LogP contribution in [0, 0.1) is 11.8 Å². The second-order valence-electron chi connectivity index (χ2n) is 6.20. The molecule has 0 aliphatic carbocycles. The third-order valence-corrected chi connectivity index (χ3v) is 3.07. The van der Waals surface area contributed by atoms with Gasteiger partial charge in [-0.05, 0) is 24.7 Å². The normalized spacial score (nSPS) is 10.9. The molecule has 0 aromatic heterocycles. The van der Waals surface area contributed by atoms with Crippen molar-refractivity contribution in [2.24, 2.45) is 11.8 Å². The summed E-state index contributed by atoms with van der Waals surface area (Å²) in [6.45, 7) is 9.90. The molecule has 0 bridgehead atoms. The molecular weight excluding hydrogens is 240 g/mol. The molecule has 0 spiro atoms.